The zero-order valence-corrected chi connectivity index (χ0v) is 17.2. The minimum absolute atomic E-state index is 0.0494. The monoisotopic (exact) mass is 396 g/mol. The van der Waals surface area contributed by atoms with Gasteiger partial charge in [0.15, 0.2) is 0 Å². The van der Waals surface area contributed by atoms with Gasteiger partial charge in [0.05, 0.1) is 5.56 Å². The van der Waals surface area contributed by atoms with Gasteiger partial charge >= 0.3 is 11.9 Å². The normalized spacial score (nSPS) is 12.8. The first-order chi connectivity index (χ1) is 12.7. The molecule has 8 heteroatoms. The SMILES string of the molecule is CC(C)(C)OC(=O)CC[C@@H](NC(=O)c1ccc(N)cc1F)C(=O)OC(C)(C)C. The van der Waals surface area contributed by atoms with Crippen LogP contribution >= 0.6 is 0 Å². The van der Waals surface area contributed by atoms with Crippen molar-refractivity contribution in [2.24, 2.45) is 0 Å². The second kappa shape index (κ2) is 9.03. The summed E-state index contributed by atoms with van der Waals surface area (Å²) >= 11 is 0. The van der Waals surface area contributed by atoms with E-state index in [1.54, 1.807) is 41.5 Å². The van der Waals surface area contributed by atoms with Gasteiger partial charge in [0.25, 0.3) is 5.91 Å². The molecule has 0 fully saturated rings. The number of hydrogen-bond acceptors (Lipinski definition) is 6. The fourth-order valence-electron chi connectivity index (χ4n) is 2.23. The third-order valence-electron chi connectivity index (χ3n) is 3.29. The van der Waals surface area contributed by atoms with Gasteiger partial charge in [-0.15, -0.1) is 0 Å². The molecule has 0 unspecified atom stereocenters. The average molecular weight is 396 g/mol. The van der Waals surface area contributed by atoms with Crippen molar-refractivity contribution < 1.29 is 28.2 Å². The van der Waals surface area contributed by atoms with E-state index in [2.05, 4.69) is 5.32 Å². The highest BCUT2D eigenvalue weighted by atomic mass is 19.1. The fourth-order valence-corrected chi connectivity index (χ4v) is 2.23. The number of rotatable bonds is 6. The molecule has 28 heavy (non-hydrogen) atoms. The van der Waals surface area contributed by atoms with Crippen LogP contribution in [0.4, 0.5) is 10.1 Å². The van der Waals surface area contributed by atoms with Crippen molar-refractivity contribution in [3.63, 3.8) is 0 Å². The standard InChI is InChI=1S/C20H29FN2O5/c1-19(2,3)27-16(24)10-9-15(18(26)28-20(4,5)6)23-17(25)13-8-7-12(22)11-14(13)21/h7-8,11,15H,9-10,22H2,1-6H3,(H,23,25)/t15-/m1/s1. The van der Waals surface area contributed by atoms with Crippen molar-refractivity contribution in [3.8, 4) is 0 Å². The topological polar surface area (TPSA) is 108 Å². The third-order valence-corrected chi connectivity index (χ3v) is 3.29. The maximum Gasteiger partial charge on any atom is 0.329 e. The predicted molar refractivity (Wildman–Crippen MR) is 103 cm³/mol. The van der Waals surface area contributed by atoms with Gasteiger partial charge in [-0.2, -0.15) is 0 Å². The van der Waals surface area contributed by atoms with Gasteiger partial charge in [0.1, 0.15) is 23.1 Å². The molecule has 3 N–H and O–H groups in total. The van der Waals surface area contributed by atoms with Gasteiger partial charge in [0.2, 0.25) is 0 Å². The number of amides is 1. The Morgan fingerprint density at radius 2 is 1.64 bits per heavy atom. The average Bonchev–Trinajstić information content (AvgIpc) is 2.47. The smallest absolute Gasteiger partial charge is 0.329 e. The van der Waals surface area contributed by atoms with Crippen molar-refractivity contribution in [3.05, 3.63) is 29.6 Å². The lowest BCUT2D eigenvalue weighted by atomic mass is 10.1. The van der Waals surface area contributed by atoms with Crippen LogP contribution in [-0.2, 0) is 19.1 Å². The van der Waals surface area contributed by atoms with E-state index in [-0.39, 0.29) is 24.1 Å². The van der Waals surface area contributed by atoms with E-state index in [0.29, 0.717) is 0 Å². The van der Waals surface area contributed by atoms with E-state index in [0.717, 1.165) is 6.07 Å². The number of carbonyl (C=O) groups excluding carboxylic acids is 3. The number of carbonyl (C=O) groups is 3. The number of esters is 2. The molecule has 0 bridgehead atoms. The molecule has 1 atom stereocenters. The first-order valence-corrected chi connectivity index (χ1v) is 8.98. The number of nitrogens with one attached hydrogen (secondary N) is 1. The fraction of sp³-hybridized carbons (Fsp3) is 0.550. The summed E-state index contributed by atoms with van der Waals surface area (Å²) in [7, 11) is 0. The highest BCUT2D eigenvalue weighted by Crippen LogP contribution is 2.16. The second-order valence-corrected chi connectivity index (χ2v) is 8.42. The lowest BCUT2D eigenvalue weighted by Gasteiger charge is -2.25. The first-order valence-electron chi connectivity index (χ1n) is 8.98. The summed E-state index contributed by atoms with van der Waals surface area (Å²) in [6.45, 7) is 10.2. The molecule has 0 radical (unpaired) electrons. The van der Waals surface area contributed by atoms with Crippen molar-refractivity contribution >= 4 is 23.5 Å². The van der Waals surface area contributed by atoms with Gasteiger partial charge in [0, 0.05) is 12.1 Å². The Bertz CT molecular complexity index is 735. The summed E-state index contributed by atoms with van der Waals surface area (Å²) in [6, 6.07) is 2.47. The van der Waals surface area contributed by atoms with Crippen LogP contribution in [0.5, 0.6) is 0 Å². The second-order valence-electron chi connectivity index (χ2n) is 8.42. The van der Waals surface area contributed by atoms with Crippen LogP contribution in [0.3, 0.4) is 0 Å². The summed E-state index contributed by atoms with van der Waals surface area (Å²) < 4.78 is 24.5. The van der Waals surface area contributed by atoms with Crippen molar-refractivity contribution in [1.29, 1.82) is 0 Å². The molecule has 1 aromatic rings. The van der Waals surface area contributed by atoms with Crippen molar-refractivity contribution in [2.75, 3.05) is 5.73 Å². The molecule has 0 heterocycles. The molecule has 7 nitrogen and oxygen atoms in total. The Hall–Kier alpha value is -2.64. The van der Waals surface area contributed by atoms with Crippen LogP contribution in [0.15, 0.2) is 18.2 Å². The van der Waals surface area contributed by atoms with E-state index in [1.807, 2.05) is 0 Å². The first kappa shape index (κ1) is 23.4. The van der Waals surface area contributed by atoms with E-state index in [9.17, 15) is 18.8 Å². The van der Waals surface area contributed by atoms with Crippen LogP contribution in [0.2, 0.25) is 0 Å². The molecule has 0 spiro atoms. The molecule has 0 aliphatic carbocycles. The molecule has 156 valence electrons. The minimum atomic E-state index is -1.14. The lowest BCUT2D eigenvalue weighted by molar-refractivity contribution is -0.158. The lowest BCUT2D eigenvalue weighted by Crippen LogP contribution is -2.44. The summed E-state index contributed by atoms with van der Waals surface area (Å²) in [5.74, 6) is -2.86. The summed E-state index contributed by atoms with van der Waals surface area (Å²) in [6.07, 6.45) is -0.169. The molecule has 1 amide bonds. The van der Waals surface area contributed by atoms with E-state index in [1.165, 1.54) is 12.1 Å². The molecule has 0 aromatic heterocycles. The minimum Gasteiger partial charge on any atom is -0.460 e. The summed E-state index contributed by atoms with van der Waals surface area (Å²) in [5, 5.41) is 2.43. The van der Waals surface area contributed by atoms with E-state index >= 15 is 0 Å². The Labute approximate surface area is 164 Å². The number of benzene rings is 1. The number of halogens is 1. The highest BCUT2D eigenvalue weighted by molar-refractivity contribution is 5.97. The Morgan fingerprint density at radius 3 is 2.14 bits per heavy atom. The number of hydrogen-bond donors (Lipinski definition) is 2. The van der Waals surface area contributed by atoms with Crippen LogP contribution < -0.4 is 11.1 Å². The number of nitrogens with two attached hydrogens (primary N) is 1. The molecule has 0 saturated carbocycles. The van der Waals surface area contributed by atoms with Crippen molar-refractivity contribution in [1.82, 2.24) is 5.32 Å². The largest absolute Gasteiger partial charge is 0.460 e. The molecular weight excluding hydrogens is 367 g/mol. The summed E-state index contributed by atoms with van der Waals surface area (Å²) in [4.78, 5) is 36.8. The van der Waals surface area contributed by atoms with Gasteiger partial charge in [-0.3, -0.25) is 9.59 Å². The zero-order valence-electron chi connectivity index (χ0n) is 17.2. The zero-order chi connectivity index (χ0) is 21.7. The van der Waals surface area contributed by atoms with Crippen LogP contribution in [-0.4, -0.2) is 35.1 Å². The van der Waals surface area contributed by atoms with Gasteiger partial charge in [-0.25, -0.2) is 9.18 Å². The molecular formula is C20H29FN2O5. The molecule has 0 aliphatic heterocycles. The maximum atomic E-state index is 14.0. The van der Waals surface area contributed by atoms with Gasteiger partial charge in [-0.1, -0.05) is 0 Å². The van der Waals surface area contributed by atoms with Crippen LogP contribution in [0.1, 0.15) is 64.7 Å². The Balaban J connectivity index is 2.92. The van der Waals surface area contributed by atoms with Gasteiger partial charge < -0.3 is 20.5 Å². The Kier molecular flexibility index (Phi) is 7.55. The predicted octanol–water partition coefficient (Wildman–Crippen LogP) is 2.97. The molecule has 1 rings (SSSR count). The quantitative estimate of drug-likeness (QED) is 0.565. The van der Waals surface area contributed by atoms with Crippen LogP contribution in [0, 0.1) is 5.82 Å². The molecule has 0 aliphatic rings. The van der Waals surface area contributed by atoms with Crippen LogP contribution in [0.25, 0.3) is 0 Å². The molecule has 0 saturated heterocycles. The number of nitrogen functional groups attached to an aromatic ring is 1. The third kappa shape index (κ3) is 8.37. The number of ether oxygens (including phenoxy) is 2. The number of anilines is 1. The highest BCUT2D eigenvalue weighted by Gasteiger charge is 2.29. The van der Waals surface area contributed by atoms with E-state index in [4.69, 9.17) is 15.2 Å². The van der Waals surface area contributed by atoms with E-state index < -0.39 is 40.9 Å². The Morgan fingerprint density at radius 1 is 1.07 bits per heavy atom. The van der Waals surface area contributed by atoms with Crippen molar-refractivity contribution in [2.45, 2.75) is 71.6 Å². The maximum absolute atomic E-state index is 14.0. The van der Waals surface area contributed by atoms with Gasteiger partial charge in [-0.05, 0) is 66.2 Å². The molecule has 1 aromatic carbocycles. The summed E-state index contributed by atoms with van der Waals surface area (Å²) in [5.41, 5.74) is 3.92.